The highest BCUT2D eigenvalue weighted by Gasteiger charge is 2.22. The van der Waals surface area contributed by atoms with Crippen LogP contribution in [0.1, 0.15) is 41.6 Å². The molecule has 2 aromatic heterocycles. The lowest BCUT2D eigenvalue weighted by Crippen LogP contribution is -2.16. The average Bonchev–Trinajstić information content (AvgIpc) is 3.37. The number of hydrogen-bond donors (Lipinski definition) is 1. The number of nitrogens with one attached hydrogen (secondary N) is 1. The summed E-state index contributed by atoms with van der Waals surface area (Å²) in [6, 6.07) is 11.4. The van der Waals surface area contributed by atoms with Crippen LogP contribution in [0.15, 0.2) is 48.7 Å². The molecule has 0 spiro atoms. The van der Waals surface area contributed by atoms with E-state index in [1.54, 1.807) is 23.7 Å². The molecule has 0 saturated heterocycles. The molecule has 10 heteroatoms. The molecular weight excluding hydrogens is 421 g/mol. The van der Waals surface area contributed by atoms with Crippen LogP contribution in [0.4, 0.5) is 10.1 Å². The molecular formula is C21H19ClFN7O. The zero-order chi connectivity index (χ0) is 22.1. The standard InChI is InChI=1S/C21H19ClFN7O/c1-12(2)20-17(11-24-30(20)15-6-4-14(22)5-7-15)21(31)25-19-10-16(8-9-18(19)23)29-13(3)26-27-28-29/h4-12H,1-3H3,(H,25,31). The SMILES string of the molecule is Cc1nnnn1-c1ccc(F)c(NC(=O)c2cnn(-c3ccc(Cl)cc3)c2C(C)C)c1. The van der Waals surface area contributed by atoms with E-state index in [1.165, 1.54) is 29.1 Å². The van der Waals surface area contributed by atoms with E-state index in [2.05, 4.69) is 25.9 Å². The van der Waals surface area contributed by atoms with E-state index in [0.29, 0.717) is 27.8 Å². The summed E-state index contributed by atoms with van der Waals surface area (Å²) >= 11 is 5.98. The summed E-state index contributed by atoms with van der Waals surface area (Å²) in [6.45, 7) is 5.64. The number of aromatic nitrogens is 6. The molecule has 8 nitrogen and oxygen atoms in total. The monoisotopic (exact) mass is 439 g/mol. The predicted octanol–water partition coefficient (Wildman–Crippen LogP) is 4.32. The van der Waals surface area contributed by atoms with Crippen molar-refractivity contribution in [1.29, 1.82) is 0 Å². The van der Waals surface area contributed by atoms with Gasteiger partial charge in [0.25, 0.3) is 5.91 Å². The van der Waals surface area contributed by atoms with Crippen molar-refractivity contribution in [2.75, 3.05) is 5.32 Å². The van der Waals surface area contributed by atoms with Crippen molar-refractivity contribution < 1.29 is 9.18 Å². The number of carbonyl (C=O) groups is 1. The molecule has 1 amide bonds. The highest BCUT2D eigenvalue weighted by molar-refractivity contribution is 6.30. The molecule has 0 aliphatic carbocycles. The fourth-order valence-corrected chi connectivity index (χ4v) is 3.40. The molecule has 2 aromatic carbocycles. The van der Waals surface area contributed by atoms with Crippen LogP contribution in [0.2, 0.25) is 5.02 Å². The Bertz CT molecular complexity index is 1250. The normalized spacial score (nSPS) is 11.2. The summed E-state index contributed by atoms with van der Waals surface area (Å²) in [7, 11) is 0. The van der Waals surface area contributed by atoms with Gasteiger partial charge in [0.2, 0.25) is 0 Å². The van der Waals surface area contributed by atoms with Crippen LogP contribution in [0.3, 0.4) is 0 Å². The lowest BCUT2D eigenvalue weighted by atomic mass is 10.0. The van der Waals surface area contributed by atoms with Crippen molar-refractivity contribution in [2.24, 2.45) is 0 Å². The number of tetrazole rings is 1. The van der Waals surface area contributed by atoms with Gasteiger partial charge in [-0.2, -0.15) is 9.78 Å². The van der Waals surface area contributed by atoms with Gasteiger partial charge in [0.1, 0.15) is 5.82 Å². The summed E-state index contributed by atoms with van der Waals surface area (Å²) in [6.07, 6.45) is 1.48. The van der Waals surface area contributed by atoms with Crippen LogP contribution >= 0.6 is 11.6 Å². The molecule has 0 fully saturated rings. The molecule has 0 radical (unpaired) electrons. The van der Waals surface area contributed by atoms with Gasteiger partial charge in [-0.15, -0.1) is 5.10 Å². The Balaban J connectivity index is 1.68. The smallest absolute Gasteiger partial charge is 0.259 e. The van der Waals surface area contributed by atoms with E-state index < -0.39 is 11.7 Å². The minimum Gasteiger partial charge on any atom is -0.319 e. The van der Waals surface area contributed by atoms with Gasteiger partial charge in [0, 0.05) is 5.02 Å². The second kappa shape index (κ2) is 8.27. The topological polar surface area (TPSA) is 90.5 Å². The fourth-order valence-electron chi connectivity index (χ4n) is 3.28. The summed E-state index contributed by atoms with van der Waals surface area (Å²) in [5.41, 5.74) is 2.38. The second-order valence-corrected chi connectivity index (χ2v) is 7.68. The number of nitrogens with zero attached hydrogens (tertiary/aromatic N) is 6. The molecule has 4 rings (SSSR count). The summed E-state index contributed by atoms with van der Waals surface area (Å²) in [5.74, 6) is -0.512. The minimum atomic E-state index is -0.570. The fraction of sp³-hybridized carbons (Fsp3) is 0.190. The molecule has 0 bridgehead atoms. The highest BCUT2D eigenvalue weighted by Crippen LogP contribution is 2.26. The van der Waals surface area contributed by atoms with Crippen molar-refractivity contribution in [2.45, 2.75) is 26.7 Å². The van der Waals surface area contributed by atoms with E-state index in [0.717, 1.165) is 5.69 Å². The number of halogens is 2. The molecule has 0 aliphatic rings. The molecule has 1 N–H and O–H groups in total. The Morgan fingerprint density at radius 2 is 1.81 bits per heavy atom. The zero-order valence-electron chi connectivity index (χ0n) is 17.0. The van der Waals surface area contributed by atoms with E-state index >= 15 is 0 Å². The zero-order valence-corrected chi connectivity index (χ0v) is 17.8. The van der Waals surface area contributed by atoms with Gasteiger partial charge in [-0.3, -0.25) is 4.79 Å². The van der Waals surface area contributed by atoms with Gasteiger partial charge < -0.3 is 5.32 Å². The highest BCUT2D eigenvalue weighted by atomic mass is 35.5. The van der Waals surface area contributed by atoms with Crippen LogP contribution in [0.5, 0.6) is 0 Å². The van der Waals surface area contributed by atoms with Crippen LogP contribution in [-0.4, -0.2) is 35.9 Å². The quantitative estimate of drug-likeness (QED) is 0.500. The number of carbonyl (C=O) groups excluding carboxylic acids is 1. The number of rotatable bonds is 5. The summed E-state index contributed by atoms with van der Waals surface area (Å²) in [4.78, 5) is 13.1. The predicted molar refractivity (Wildman–Crippen MR) is 114 cm³/mol. The molecule has 0 unspecified atom stereocenters. The third kappa shape index (κ3) is 4.04. The van der Waals surface area contributed by atoms with E-state index in [1.807, 2.05) is 26.0 Å². The maximum atomic E-state index is 14.4. The largest absolute Gasteiger partial charge is 0.319 e. The number of amides is 1. The minimum absolute atomic E-state index is 0.0148. The Kier molecular flexibility index (Phi) is 5.51. The first kappa shape index (κ1) is 20.7. The summed E-state index contributed by atoms with van der Waals surface area (Å²) in [5, 5.41) is 18.9. The Morgan fingerprint density at radius 1 is 1.10 bits per heavy atom. The average molecular weight is 440 g/mol. The van der Waals surface area contributed by atoms with Crippen molar-refractivity contribution in [1.82, 2.24) is 30.0 Å². The van der Waals surface area contributed by atoms with Gasteiger partial charge in [-0.25, -0.2) is 9.07 Å². The summed E-state index contributed by atoms with van der Waals surface area (Å²) < 4.78 is 17.6. The number of benzene rings is 2. The first-order chi connectivity index (χ1) is 14.8. The van der Waals surface area contributed by atoms with Crippen molar-refractivity contribution in [3.63, 3.8) is 0 Å². The lowest BCUT2D eigenvalue weighted by molar-refractivity contribution is 0.102. The van der Waals surface area contributed by atoms with Crippen LogP contribution in [0, 0.1) is 12.7 Å². The maximum absolute atomic E-state index is 14.4. The van der Waals surface area contributed by atoms with Crippen molar-refractivity contribution in [3.05, 3.63) is 76.6 Å². The van der Waals surface area contributed by atoms with Crippen molar-refractivity contribution in [3.8, 4) is 11.4 Å². The molecule has 4 aromatic rings. The third-order valence-electron chi connectivity index (χ3n) is 4.74. The van der Waals surface area contributed by atoms with Gasteiger partial charge in [0.05, 0.1) is 34.5 Å². The van der Waals surface area contributed by atoms with Gasteiger partial charge in [-0.1, -0.05) is 25.4 Å². The van der Waals surface area contributed by atoms with E-state index in [4.69, 9.17) is 11.6 Å². The lowest BCUT2D eigenvalue weighted by Gasteiger charge is -2.14. The molecule has 31 heavy (non-hydrogen) atoms. The van der Waals surface area contributed by atoms with Crippen LogP contribution in [0.25, 0.3) is 11.4 Å². The van der Waals surface area contributed by atoms with Gasteiger partial charge in [0.15, 0.2) is 5.82 Å². The number of aryl methyl sites for hydroxylation is 1. The molecule has 0 saturated carbocycles. The van der Waals surface area contributed by atoms with E-state index in [9.17, 15) is 9.18 Å². The van der Waals surface area contributed by atoms with Crippen LogP contribution < -0.4 is 5.32 Å². The Labute approximate surface area is 182 Å². The third-order valence-corrected chi connectivity index (χ3v) is 4.99. The number of hydrogen-bond acceptors (Lipinski definition) is 5. The second-order valence-electron chi connectivity index (χ2n) is 7.24. The first-order valence-electron chi connectivity index (χ1n) is 9.55. The Hall–Kier alpha value is -3.59. The molecule has 0 atom stereocenters. The van der Waals surface area contributed by atoms with Gasteiger partial charge >= 0.3 is 0 Å². The molecule has 158 valence electrons. The Morgan fingerprint density at radius 3 is 2.45 bits per heavy atom. The number of anilines is 1. The van der Waals surface area contributed by atoms with Crippen molar-refractivity contribution >= 4 is 23.2 Å². The van der Waals surface area contributed by atoms with E-state index in [-0.39, 0.29) is 11.6 Å². The van der Waals surface area contributed by atoms with Gasteiger partial charge in [-0.05, 0) is 65.7 Å². The van der Waals surface area contributed by atoms with Crippen LogP contribution in [-0.2, 0) is 0 Å². The first-order valence-corrected chi connectivity index (χ1v) is 9.93. The molecule has 2 heterocycles. The maximum Gasteiger partial charge on any atom is 0.259 e. The molecule has 0 aliphatic heterocycles.